The highest BCUT2D eigenvalue weighted by Crippen LogP contribution is 2.28. The Morgan fingerprint density at radius 3 is 2.27 bits per heavy atom. The van der Waals surface area contributed by atoms with Gasteiger partial charge >= 0.3 is 5.97 Å². The molecule has 0 spiro atoms. The van der Waals surface area contributed by atoms with Gasteiger partial charge in [0, 0.05) is 11.4 Å². The van der Waals surface area contributed by atoms with Crippen LogP contribution in [0, 0.1) is 6.92 Å². The van der Waals surface area contributed by atoms with Crippen molar-refractivity contribution in [3.8, 4) is 0 Å². The average Bonchev–Trinajstić information content (AvgIpc) is 2.65. The fourth-order valence-electron chi connectivity index (χ4n) is 2.40. The summed E-state index contributed by atoms with van der Waals surface area (Å²) in [5, 5.41) is 6.32. The first-order valence-corrected chi connectivity index (χ1v) is 7.96. The van der Waals surface area contributed by atoms with Crippen LogP contribution in [0.15, 0.2) is 54.9 Å². The highest BCUT2D eigenvalue weighted by atomic mass is 16.5. The molecule has 0 amide bonds. The SMILES string of the molecule is COC(=O)c1ccc(Nc2ncnc(Nc3cccc(C)c3)c2N)cc1. The Labute approximate surface area is 151 Å². The zero-order chi connectivity index (χ0) is 18.5. The third-order valence-corrected chi connectivity index (χ3v) is 3.73. The van der Waals surface area contributed by atoms with E-state index in [1.807, 2.05) is 31.2 Å². The first-order valence-electron chi connectivity index (χ1n) is 7.96. The van der Waals surface area contributed by atoms with Gasteiger partial charge in [0.15, 0.2) is 11.6 Å². The first kappa shape index (κ1) is 17.2. The van der Waals surface area contributed by atoms with Crippen molar-refractivity contribution >= 4 is 34.7 Å². The number of rotatable bonds is 5. The van der Waals surface area contributed by atoms with Crippen LogP contribution in [0.3, 0.4) is 0 Å². The van der Waals surface area contributed by atoms with Crippen molar-refractivity contribution in [2.24, 2.45) is 0 Å². The molecule has 0 fully saturated rings. The van der Waals surface area contributed by atoms with Gasteiger partial charge in [-0.2, -0.15) is 0 Å². The number of methoxy groups -OCH3 is 1. The van der Waals surface area contributed by atoms with Gasteiger partial charge in [0.2, 0.25) is 0 Å². The molecule has 4 N–H and O–H groups in total. The van der Waals surface area contributed by atoms with E-state index in [2.05, 4.69) is 25.3 Å². The van der Waals surface area contributed by atoms with Crippen molar-refractivity contribution in [2.45, 2.75) is 6.92 Å². The Bertz CT molecular complexity index is 925. The lowest BCUT2D eigenvalue weighted by Gasteiger charge is -2.13. The minimum Gasteiger partial charge on any atom is -0.465 e. The molecule has 0 aliphatic heterocycles. The molecule has 0 saturated carbocycles. The number of anilines is 5. The molecule has 0 bridgehead atoms. The maximum absolute atomic E-state index is 11.5. The van der Waals surface area contributed by atoms with E-state index in [-0.39, 0.29) is 5.97 Å². The highest BCUT2D eigenvalue weighted by molar-refractivity contribution is 5.90. The summed E-state index contributed by atoms with van der Waals surface area (Å²) in [4.78, 5) is 19.9. The molecule has 0 saturated heterocycles. The topological polar surface area (TPSA) is 102 Å². The van der Waals surface area contributed by atoms with Gasteiger partial charge in [0.05, 0.1) is 12.7 Å². The van der Waals surface area contributed by atoms with Crippen molar-refractivity contribution in [3.63, 3.8) is 0 Å². The van der Waals surface area contributed by atoms with Gasteiger partial charge < -0.3 is 21.1 Å². The summed E-state index contributed by atoms with van der Waals surface area (Å²) in [6.07, 6.45) is 1.43. The fraction of sp³-hybridized carbons (Fsp3) is 0.105. The molecule has 0 atom stereocenters. The van der Waals surface area contributed by atoms with E-state index in [0.717, 1.165) is 16.9 Å². The Morgan fingerprint density at radius 1 is 1.00 bits per heavy atom. The number of nitrogens with one attached hydrogen (secondary N) is 2. The standard InChI is InChI=1S/C19H19N5O2/c1-12-4-3-5-15(10-12)24-18-16(20)17(21-11-22-18)23-14-8-6-13(7-9-14)19(25)26-2/h3-11H,20H2,1-2H3,(H2,21,22,23,24). The van der Waals surface area contributed by atoms with E-state index < -0.39 is 0 Å². The van der Waals surface area contributed by atoms with E-state index in [4.69, 9.17) is 5.73 Å². The highest BCUT2D eigenvalue weighted by Gasteiger charge is 2.10. The molecule has 1 aromatic heterocycles. The Balaban J connectivity index is 1.79. The third-order valence-electron chi connectivity index (χ3n) is 3.73. The number of nitrogens with zero attached hydrogens (tertiary/aromatic N) is 2. The second kappa shape index (κ2) is 7.52. The van der Waals surface area contributed by atoms with Crippen molar-refractivity contribution in [1.29, 1.82) is 0 Å². The molecular formula is C19H19N5O2. The van der Waals surface area contributed by atoms with Gasteiger partial charge in [-0.3, -0.25) is 0 Å². The number of nitrogen functional groups attached to an aromatic ring is 1. The quantitative estimate of drug-likeness (QED) is 0.604. The van der Waals surface area contributed by atoms with E-state index in [1.165, 1.54) is 13.4 Å². The van der Waals surface area contributed by atoms with Crippen LogP contribution >= 0.6 is 0 Å². The number of benzene rings is 2. The number of hydrogen-bond acceptors (Lipinski definition) is 7. The van der Waals surface area contributed by atoms with Crippen LogP contribution in [0.5, 0.6) is 0 Å². The lowest BCUT2D eigenvalue weighted by atomic mass is 10.2. The smallest absolute Gasteiger partial charge is 0.337 e. The molecule has 132 valence electrons. The normalized spacial score (nSPS) is 10.2. The van der Waals surface area contributed by atoms with Gasteiger partial charge in [0.25, 0.3) is 0 Å². The van der Waals surface area contributed by atoms with Crippen molar-refractivity contribution in [2.75, 3.05) is 23.5 Å². The molecule has 7 nitrogen and oxygen atoms in total. The van der Waals surface area contributed by atoms with Crippen LogP contribution in [0.2, 0.25) is 0 Å². The van der Waals surface area contributed by atoms with E-state index in [0.29, 0.717) is 22.9 Å². The van der Waals surface area contributed by atoms with E-state index in [9.17, 15) is 4.79 Å². The first-order chi connectivity index (χ1) is 12.6. The Hall–Kier alpha value is -3.61. The summed E-state index contributed by atoms with van der Waals surface area (Å²) >= 11 is 0. The lowest BCUT2D eigenvalue weighted by molar-refractivity contribution is 0.0601. The second-order valence-electron chi connectivity index (χ2n) is 5.67. The van der Waals surface area contributed by atoms with Gasteiger partial charge in [-0.05, 0) is 48.9 Å². The largest absolute Gasteiger partial charge is 0.465 e. The number of aromatic nitrogens is 2. The zero-order valence-corrected chi connectivity index (χ0v) is 14.5. The number of esters is 1. The van der Waals surface area contributed by atoms with Crippen LogP contribution in [0.4, 0.5) is 28.7 Å². The summed E-state index contributed by atoms with van der Waals surface area (Å²) in [6, 6.07) is 14.7. The maximum Gasteiger partial charge on any atom is 0.337 e. The lowest BCUT2D eigenvalue weighted by Crippen LogP contribution is -2.05. The number of ether oxygens (including phenoxy) is 1. The predicted octanol–water partition coefficient (Wildman–Crippen LogP) is 3.64. The van der Waals surface area contributed by atoms with E-state index >= 15 is 0 Å². The number of nitrogens with two attached hydrogens (primary N) is 1. The minimum atomic E-state index is -0.386. The molecule has 3 rings (SSSR count). The molecular weight excluding hydrogens is 330 g/mol. The van der Waals surface area contributed by atoms with Gasteiger partial charge in [-0.1, -0.05) is 12.1 Å². The molecule has 1 heterocycles. The summed E-state index contributed by atoms with van der Waals surface area (Å²) in [5.74, 6) is 0.600. The van der Waals surface area contributed by atoms with Crippen LogP contribution in [-0.2, 0) is 4.74 Å². The average molecular weight is 349 g/mol. The molecule has 26 heavy (non-hydrogen) atoms. The number of carbonyl (C=O) groups excluding carboxylic acids is 1. The van der Waals surface area contributed by atoms with Crippen molar-refractivity contribution in [1.82, 2.24) is 9.97 Å². The molecule has 0 aliphatic rings. The molecule has 0 aliphatic carbocycles. The van der Waals surface area contributed by atoms with Gasteiger partial charge in [-0.15, -0.1) is 0 Å². The third kappa shape index (κ3) is 3.89. The molecule has 7 heteroatoms. The Kier molecular flexibility index (Phi) is 4.98. The van der Waals surface area contributed by atoms with E-state index in [1.54, 1.807) is 24.3 Å². The fourth-order valence-corrected chi connectivity index (χ4v) is 2.40. The van der Waals surface area contributed by atoms with Crippen molar-refractivity contribution < 1.29 is 9.53 Å². The van der Waals surface area contributed by atoms with Crippen LogP contribution in [0.25, 0.3) is 0 Å². The van der Waals surface area contributed by atoms with Crippen LogP contribution in [0.1, 0.15) is 15.9 Å². The van der Waals surface area contributed by atoms with Crippen LogP contribution < -0.4 is 16.4 Å². The summed E-state index contributed by atoms with van der Waals surface area (Å²) in [6.45, 7) is 2.01. The predicted molar refractivity (Wildman–Crippen MR) is 102 cm³/mol. The number of aryl methyl sites for hydroxylation is 1. The molecule has 2 aromatic carbocycles. The molecule has 3 aromatic rings. The van der Waals surface area contributed by atoms with Crippen LogP contribution in [-0.4, -0.2) is 23.0 Å². The maximum atomic E-state index is 11.5. The summed E-state index contributed by atoms with van der Waals surface area (Å²) in [5.41, 5.74) is 9.82. The number of carbonyl (C=O) groups is 1. The van der Waals surface area contributed by atoms with Gasteiger partial charge in [0.1, 0.15) is 12.0 Å². The minimum absolute atomic E-state index is 0.386. The Morgan fingerprint density at radius 2 is 1.65 bits per heavy atom. The van der Waals surface area contributed by atoms with Crippen molar-refractivity contribution in [3.05, 3.63) is 66.0 Å². The zero-order valence-electron chi connectivity index (χ0n) is 14.5. The summed E-state index contributed by atoms with van der Waals surface area (Å²) < 4.78 is 4.69. The number of hydrogen-bond donors (Lipinski definition) is 3. The van der Waals surface area contributed by atoms with Gasteiger partial charge in [-0.25, -0.2) is 14.8 Å². The molecule has 0 unspecified atom stereocenters. The second-order valence-corrected chi connectivity index (χ2v) is 5.67. The molecule has 0 radical (unpaired) electrons. The monoisotopic (exact) mass is 349 g/mol. The summed E-state index contributed by atoms with van der Waals surface area (Å²) in [7, 11) is 1.35.